The zero-order valence-corrected chi connectivity index (χ0v) is 18.4. The van der Waals surface area contributed by atoms with Crippen molar-refractivity contribution in [3.05, 3.63) is 41.9 Å². The van der Waals surface area contributed by atoms with E-state index < -0.39 is 6.04 Å². The summed E-state index contributed by atoms with van der Waals surface area (Å²) < 4.78 is 7.38. The topological polar surface area (TPSA) is 130 Å². The molecule has 3 N–H and O–H groups in total. The summed E-state index contributed by atoms with van der Waals surface area (Å²) >= 11 is 0. The van der Waals surface area contributed by atoms with Gasteiger partial charge in [0.1, 0.15) is 18.0 Å². The third-order valence-corrected chi connectivity index (χ3v) is 4.88. The van der Waals surface area contributed by atoms with Gasteiger partial charge in [-0.2, -0.15) is 0 Å². The van der Waals surface area contributed by atoms with Crippen LogP contribution in [0.4, 0.5) is 0 Å². The highest BCUT2D eigenvalue weighted by atomic mass is 16.3. The Balaban J connectivity index is 0.00000107. The molecule has 2 amide bonds. The second-order valence-corrected chi connectivity index (χ2v) is 7.94. The fraction of sp³-hybridized carbons (Fsp3) is 0.524. The summed E-state index contributed by atoms with van der Waals surface area (Å²) in [6, 6.07) is 3.44. The van der Waals surface area contributed by atoms with Crippen LogP contribution in [0.3, 0.4) is 0 Å². The van der Waals surface area contributed by atoms with E-state index in [9.17, 15) is 9.59 Å². The first-order valence-corrected chi connectivity index (χ1v) is 10.2. The van der Waals surface area contributed by atoms with Crippen LogP contribution in [-0.2, 0) is 11.8 Å². The third kappa shape index (κ3) is 6.68. The number of rotatable bonds is 6. The molecule has 1 aliphatic heterocycles. The normalized spacial score (nSPS) is 16.9. The molecule has 1 saturated heterocycles. The van der Waals surface area contributed by atoms with Gasteiger partial charge >= 0.3 is 0 Å². The maximum atomic E-state index is 12.7. The van der Waals surface area contributed by atoms with Gasteiger partial charge in [-0.25, -0.2) is 4.98 Å². The van der Waals surface area contributed by atoms with Crippen LogP contribution >= 0.6 is 0 Å². The molecule has 0 bridgehead atoms. The standard InChI is InChI=1S/C20H29N5O3.CH2O2/c1-13(2)10-15(22-18(26)17-6-5-8-24(17)4)19-23-16(12-28-19)20(27)25-9-7-21-14(3)11-25;2-1-3/h5-6,8,12-15,21H,7,9-11H2,1-4H3,(H,22,26);1H,(H,2,3)/t14-,15+;/m1./s1. The molecule has 3 heterocycles. The van der Waals surface area contributed by atoms with Crippen LogP contribution in [0.5, 0.6) is 0 Å². The highest BCUT2D eigenvalue weighted by molar-refractivity contribution is 5.93. The lowest BCUT2D eigenvalue weighted by molar-refractivity contribution is -0.122. The van der Waals surface area contributed by atoms with Gasteiger partial charge in [0, 0.05) is 38.9 Å². The average Bonchev–Trinajstić information content (AvgIpc) is 3.36. The Morgan fingerprint density at radius 3 is 2.74 bits per heavy atom. The minimum absolute atomic E-state index is 0.139. The number of oxazole rings is 1. The van der Waals surface area contributed by atoms with Gasteiger partial charge in [0.2, 0.25) is 5.89 Å². The van der Waals surface area contributed by atoms with E-state index in [-0.39, 0.29) is 30.0 Å². The van der Waals surface area contributed by atoms with Crippen LogP contribution in [-0.4, -0.2) is 63.5 Å². The third-order valence-electron chi connectivity index (χ3n) is 4.88. The summed E-state index contributed by atoms with van der Waals surface area (Å²) in [7, 11) is 1.82. The molecule has 0 spiro atoms. The summed E-state index contributed by atoms with van der Waals surface area (Å²) in [5, 5.41) is 13.2. The Kier molecular flexibility index (Phi) is 8.80. The van der Waals surface area contributed by atoms with Crippen molar-refractivity contribution in [3.63, 3.8) is 0 Å². The van der Waals surface area contributed by atoms with Gasteiger partial charge in [-0.3, -0.25) is 14.4 Å². The van der Waals surface area contributed by atoms with E-state index in [2.05, 4.69) is 29.5 Å². The molecule has 0 saturated carbocycles. The van der Waals surface area contributed by atoms with Gasteiger partial charge in [-0.15, -0.1) is 0 Å². The molecular formula is C21H31N5O5. The maximum absolute atomic E-state index is 12.7. The molecule has 10 heteroatoms. The van der Waals surface area contributed by atoms with Crippen LogP contribution in [0.15, 0.2) is 29.0 Å². The van der Waals surface area contributed by atoms with Crippen molar-refractivity contribution >= 4 is 18.3 Å². The first-order chi connectivity index (χ1) is 14.8. The second-order valence-electron chi connectivity index (χ2n) is 7.94. The van der Waals surface area contributed by atoms with Crippen LogP contribution in [0.1, 0.15) is 60.1 Å². The molecule has 2 atom stereocenters. The molecule has 1 fully saturated rings. The van der Waals surface area contributed by atoms with E-state index >= 15 is 0 Å². The number of aromatic nitrogens is 2. The molecule has 0 radical (unpaired) electrons. The molecule has 2 aromatic heterocycles. The van der Waals surface area contributed by atoms with Crippen molar-refractivity contribution in [1.82, 2.24) is 25.1 Å². The van der Waals surface area contributed by atoms with E-state index in [1.807, 2.05) is 26.2 Å². The van der Waals surface area contributed by atoms with Crippen molar-refractivity contribution in [2.24, 2.45) is 13.0 Å². The Morgan fingerprint density at radius 2 is 2.16 bits per heavy atom. The van der Waals surface area contributed by atoms with E-state index in [0.29, 0.717) is 37.0 Å². The largest absolute Gasteiger partial charge is 0.483 e. The fourth-order valence-electron chi connectivity index (χ4n) is 3.45. The number of nitrogens with one attached hydrogen (secondary N) is 2. The predicted octanol–water partition coefficient (Wildman–Crippen LogP) is 1.67. The Morgan fingerprint density at radius 1 is 1.45 bits per heavy atom. The molecular weight excluding hydrogens is 402 g/mol. The molecule has 31 heavy (non-hydrogen) atoms. The number of aryl methyl sites for hydroxylation is 1. The molecule has 170 valence electrons. The number of amides is 2. The highest BCUT2D eigenvalue weighted by Gasteiger charge is 2.27. The summed E-state index contributed by atoms with van der Waals surface area (Å²) in [4.78, 5) is 39.9. The number of carboxylic acid groups (broad SMARTS) is 1. The van der Waals surface area contributed by atoms with Gasteiger partial charge in [0.15, 0.2) is 5.69 Å². The smallest absolute Gasteiger partial charge is 0.290 e. The van der Waals surface area contributed by atoms with Crippen molar-refractivity contribution in [2.45, 2.75) is 39.3 Å². The molecule has 0 aromatic carbocycles. The SMILES string of the molecule is CC(C)C[C@H](NC(=O)c1cccn1C)c1nc(C(=O)N2CCN[C@H](C)C2)co1.O=CO. The van der Waals surface area contributed by atoms with Gasteiger partial charge in [0.05, 0.1) is 0 Å². The fourth-order valence-corrected chi connectivity index (χ4v) is 3.45. The van der Waals surface area contributed by atoms with Crippen LogP contribution in [0.2, 0.25) is 0 Å². The predicted molar refractivity (Wildman–Crippen MR) is 114 cm³/mol. The Hall–Kier alpha value is -3.14. The van der Waals surface area contributed by atoms with Gasteiger partial charge in [0.25, 0.3) is 18.3 Å². The zero-order chi connectivity index (χ0) is 23.0. The average molecular weight is 434 g/mol. The summed E-state index contributed by atoms with van der Waals surface area (Å²) in [6.45, 7) is 7.98. The van der Waals surface area contributed by atoms with Crippen LogP contribution < -0.4 is 10.6 Å². The van der Waals surface area contributed by atoms with E-state index in [0.717, 1.165) is 6.54 Å². The monoisotopic (exact) mass is 433 g/mol. The molecule has 2 aromatic rings. The number of hydrogen-bond acceptors (Lipinski definition) is 6. The summed E-state index contributed by atoms with van der Waals surface area (Å²) in [5.41, 5.74) is 0.845. The van der Waals surface area contributed by atoms with Gasteiger partial charge in [-0.1, -0.05) is 13.8 Å². The number of hydrogen-bond donors (Lipinski definition) is 3. The van der Waals surface area contributed by atoms with E-state index in [1.54, 1.807) is 15.5 Å². The first-order valence-electron chi connectivity index (χ1n) is 10.2. The van der Waals surface area contributed by atoms with Crippen LogP contribution in [0, 0.1) is 5.92 Å². The number of carbonyl (C=O) groups excluding carboxylic acids is 2. The molecule has 1 aliphatic rings. The number of carbonyl (C=O) groups is 3. The number of piperazine rings is 1. The summed E-state index contributed by atoms with van der Waals surface area (Å²) in [5.74, 6) is 0.349. The van der Waals surface area contributed by atoms with Gasteiger partial charge < -0.3 is 29.6 Å². The Labute approximate surface area is 181 Å². The minimum atomic E-state index is -0.397. The number of nitrogens with zero attached hydrogens (tertiary/aromatic N) is 3. The molecule has 0 aliphatic carbocycles. The molecule has 3 rings (SSSR count). The van der Waals surface area contributed by atoms with Crippen molar-refractivity contribution in [1.29, 1.82) is 0 Å². The van der Waals surface area contributed by atoms with Gasteiger partial charge in [-0.05, 0) is 31.4 Å². The molecule has 0 unspecified atom stereocenters. The lowest BCUT2D eigenvalue weighted by Crippen LogP contribution is -2.51. The quantitative estimate of drug-likeness (QED) is 0.591. The lowest BCUT2D eigenvalue weighted by atomic mass is 10.0. The lowest BCUT2D eigenvalue weighted by Gasteiger charge is -2.31. The first kappa shape index (κ1) is 24.1. The van der Waals surface area contributed by atoms with Crippen molar-refractivity contribution in [3.8, 4) is 0 Å². The zero-order valence-electron chi connectivity index (χ0n) is 18.4. The Bertz CT molecular complexity index is 875. The van der Waals surface area contributed by atoms with E-state index in [4.69, 9.17) is 14.3 Å². The second kappa shape index (κ2) is 11.3. The van der Waals surface area contributed by atoms with Crippen molar-refractivity contribution < 1.29 is 23.9 Å². The summed E-state index contributed by atoms with van der Waals surface area (Å²) in [6.07, 6.45) is 3.88. The minimum Gasteiger partial charge on any atom is -0.483 e. The highest BCUT2D eigenvalue weighted by Crippen LogP contribution is 2.22. The van der Waals surface area contributed by atoms with Crippen LogP contribution in [0.25, 0.3) is 0 Å². The van der Waals surface area contributed by atoms with Crippen molar-refractivity contribution in [2.75, 3.05) is 19.6 Å². The maximum Gasteiger partial charge on any atom is 0.290 e. The van der Waals surface area contributed by atoms with E-state index in [1.165, 1.54) is 6.26 Å². The molecule has 10 nitrogen and oxygen atoms in total.